The van der Waals surface area contributed by atoms with Gasteiger partial charge in [0.25, 0.3) is 0 Å². The van der Waals surface area contributed by atoms with Gasteiger partial charge in [-0.3, -0.25) is 9.59 Å². The van der Waals surface area contributed by atoms with E-state index in [9.17, 15) is 14.7 Å². The van der Waals surface area contributed by atoms with Gasteiger partial charge >= 0.3 is 5.97 Å². The van der Waals surface area contributed by atoms with Crippen LogP contribution < -0.4 is 5.32 Å². The highest BCUT2D eigenvalue weighted by Gasteiger charge is 2.37. The van der Waals surface area contributed by atoms with Crippen molar-refractivity contribution in [3.8, 4) is 5.75 Å². The number of benzene rings is 2. The molecule has 2 aliphatic rings. The molecule has 5 heteroatoms. The van der Waals surface area contributed by atoms with Crippen molar-refractivity contribution >= 4 is 11.8 Å². The van der Waals surface area contributed by atoms with Gasteiger partial charge in [0.15, 0.2) is 5.78 Å². The molecule has 0 bridgehead atoms. The molecule has 0 spiro atoms. The van der Waals surface area contributed by atoms with Gasteiger partial charge in [-0.2, -0.15) is 0 Å². The highest BCUT2D eigenvalue weighted by molar-refractivity contribution is 6.10. The molecule has 0 saturated heterocycles. The fraction of sp³-hybridized carbons (Fsp3) is 0.417. The van der Waals surface area contributed by atoms with Crippen molar-refractivity contribution in [3.05, 3.63) is 65.7 Å². The lowest BCUT2D eigenvalue weighted by Gasteiger charge is -2.46. The number of nitrogens with one attached hydrogen (secondary N) is 1. The van der Waals surface area contributed by atoms with E-state index >= 15 is 0 Å². The smallest absolute Gasteiger partial charge is 0.304 e. The van der Waals surface area contributed by atoms with Crippen LogP contribution in [0.2, 0.25) is 0 Å². The largest absolute Gasteiger partial charge is 0.507 e. The predicted octanol–water partition coefficient (Wildman–Crippen LogP) is 4.50. The monoisotopic (exact) mass is 397 g/mol. The van der Waals surface area contributed by atoms with Gasteiger partial charge in [-0.1, -0.05) is 49.4 Å². The molecule has 0 radical (unpaired) electrons. The van der Waals surface area contributed by atoms with Crippen LogP contribution in [0.5, 0.6) is 5.75 Å². The first kappa shape index (κ1) is 22.6. The zero-order valence-electron chi connectivity index (χ0n) is 17.0. The number of carbonyl (C=O) groups excluding carboxylic acids is 1. The quantitative estimate of drug-likeness (QED) is 0.493. The second kappa shape index (κ2) is 12.0. The Morgan fingerprint density at radius 1 is 0.931 bits per heavy atom. The lowest BCUT2D eigenvalue weighted by Crippen LogP contribution is -2.34. The molecule has 0 unspecified atom stereocenters. The van der Waals surface area contributed by atoms with Crippen LogP contribution in [0.25, 0.3) is 0 Å². The zero-order valence-corrected chi connectivity index (χ0v) is 17.0. The minimum absolute atomic E-state index is 0.0198. The summed E-state index contributed by atoms with van der Waals surface area (Å²) in [5.74, 6) is 1.54. The van der Waals surface area contributed by atoms with Gasteiger partial charge in [0.05, 0.1) is 12.0 Å². The summed E-state index contributed by atoms with van der Waals surface area (Å²) < 4.78 is 0. The Balaban J connectivity index is 0.000000178. The van der Waals surface area contributed by atoms with E-state index in [0.717, 1.165) is 6.54 Å². The molecule has 4 rings (SSSR count). The fourth-order valence-corrected chi connectivity index (χ4v) is 3.35. The number of hydrogen-bond donors (Lipinski definition) is 3. The van der Waals surface area contributed by atoms with E-state index < -0.39 is 5.97 Å². The van der Waals surface area contributed by atoms with E-state index in [2.05, 4.69) is 5.32 Å². The van der Waals surface area contributed by atoms with Gasteiger partial charge in [0.1, 0.15) is 5.75 Å². The molecule has 2 aliphatic carbocycles. The maximum absolute atomic E-state index is 11.9. The molecule has 0 amide bonds. The predicted molar refractivity (Wildman–Crippen MR) is 114 cm³/mol. The number of ketones is 1. The molecule has 0 aliphatic heterocycles. The fourth-order valence-electron chi connectivity index (χ4n) is 3.35. The van der Waals surface area contributed by atoms with Crippen molar-refractivity contribution in [2.45, 2.75) is 39.0 Å². The normalized spacial score (nSPS) is 18.4. The van der Waals surface area contributed by atoms with Crippen LogP contribution in [0.1, 0.15) is 54.9 Å². The lowest BCUT2D eigenvalue weighted by molar-refractivity contribution is -0.136. The summed E-state index contributed by atoms with van der Waals surface area (Å²) in [5, 5.41) is 20.5. The molecule has 0 heterocycles. The van der Waals surface area contributed by atoms with E-state index in [0.29, 0.717) is 17.7 Å². The van der Waals surface area contributed by atoms with Crippen LogP contribution in [0.4, 0.5) is 0 Å². The first-order valence-electron chi connectivity index (χ1n) is 10.3. The molecule has 2 aromatic carbocycles. The molecule has 2 aromatic rings. The van der Waals surface area contributed by atoms with E-state index in [-0.39, 0.29) is 18.0 Å². The number of para-hydroxylation sites is 1. The first-order valence-corrected chi connectivity index (χ1v) is 10.3. The minimum Gasteiger partial charge on any atom is -0.507 e. The van der Waals surface area contributed by atoms with Crippen molar-refractivity contribution in [3.63, 3.8) is 0 Å². The minimum atomic E-state index is -0.744. The Hall–Kier alpha value is -2.66. The van der Waals surface area contributed by atoms with Gasteiger partial charge < -0.3 is 15.5 Å². The number of carboxylic acids is 1. The number of aliphatic carboxylic acids is 1. The van der Waals surface area contributed by atoms with Crippen LogP contribution in [0.3, 0.4) is 0 Å². The molecule has 2 saturated carbocycles. The summed E-state index contributed by atoms with van der Waals surface area (Å²) >= 11 is 0. The average molecular weight is 398 g/mol. The molecular weight excluding hydrogens is 366 g/mol. The molecule has 0 atom stereocenters. The summed E-state index contributed by atoms with van der Waals surface area (Å²) in [6.07, 6.45) is 6.46. The highest BCUT2D eigenvalue weighted by atomic mass is 16.4. The van der Waals surface area contributed by atoms with Crippen LogP contribution >= 0.6 is 0 Å². The molecule has 156 valence electrons. The van der Waals surface area contributed by atoms with Crippen LogP contribution in [0, 0.1) is 11.8 Å². The molecule has 3 N–H and O–H groups in total. The second-order valence-corrected chi connectivity index (χ2v) is 7.38. The Morgan fingerprint density at radius 3 is 1.93 bits per heavy atom. The van der Waals surface area contributed by atoms with Crippen LogP contribution in [0.15, 0.2) is 54.6 Å². The summed E-state index contributed by atoms with van der Waals surface area (Å²) in [5.41, 5.74) is 0.919. The summed E-state index contributed by atoms with van der Waals surface area (Å²) in [7, 11) is 0. The van der Waals surface area contributed by atoms with Gasteiger partial charge in [0, 0.05) is 12.1 Å². The number of aromatic hydroxyl groups is 1. The SMILES string of the molecule is C1CC2CCC12.CCNCCC(=O)O.O=C(c1ccccc1)c1ccccc1O. The lowest BCUT2D eigenvalue weighted by atomic mass is 9.60. The van der Waals surface area contributed by atoms with E-state index in [4.69, 9.17) is 5.11 Å². The topological polar surface area (TPSA) is 86.6 Å². The van der Waals surface area contributed by atoms with Crippen molar-refractivity contribution in [2.24, 2.45) is 11.8 Å². The number of carboxylic acid groups (broad SMARTS) is 1. The number of hydrogen-bond acceptors (Lipinski definition) is 4. The van der Waals surface area contributed by atoms with Crippen LogP contribution in [-0.4, -0.2) is 35.1 Å². The first-order chi connectivity index (χ1) is 14.0. The third-order valence-corrected chi connectivity index (χ3v) is 5.43. The van der Waals surface area contributed by atoms with Crippen LogP contribution in [-0.2, 0) is 4.79 Å². The van der Waals surface area contributed by atoms with Crippen molar-refractivity contribution in [1.29, 1.82) is 0 Å². The Labute approximate surface area is 172 Å². The molecule has 2 fully saturated rings. The average Bonchev–Trinajstić information content (AvgIpc) is 2.72. The standard InChI is InChI=1S/C13H10O2.C6H10.C5H11NO2/c14-12-9-5-4-8-11(12)13(15)10-6-2-1-3-7-10;1-2-6-4-3-5(1)6;1-2-6-4-3-5(7)8/h1-9,14H;5-6H,1-4H2;6H,2-4H2,1H3,(H,7,8). The maximum Gasteiger partial charge on any atom is 0.304 e. The number of rotatable bonds is 6. The van der Waals surface area contributed by atoms with Gasteiger partial charge in [-0.25, -0.2) is 0 Å². The maximum atomic E-state index is 11.9. The Kier molecular flexibility index (Phi) is 9.38. The van der Waals surface area contributed by atoms with E-state index in [1.54, 1.807) is 68.1 Å². The second-order valence-electron chi connectivity index (χ2n) is 7.38. The third-order valence-electron chi connectivity index (χ3n) is 5.43. The molecular formula is C24H31NO4. The summed E-state index contributed by atoms with van der Waals surface area (Å²) in [6.45, 7) is 3.36. The number of phenolic OH excluding ortho intramolecular Hbond substituents is 1. The Bertz CT molecular complexity index is 757. The van der Waals surface area contributed by atoms with Gasteiger partial charge in [-0.05, 0) is 56.2 Å². The molecule has 5 nitrogen and oxygen atoms in total. The van der Waals surface area contributed by atoms with E-state index in [1.807, 2.05) is 13.0 Å². The van der Waals surface area contributed by atoms with Gasteiger partial charge in [0.2, 0.25) is 0 Å². The van der Waals surface area contributed by atoms with Gasteiger partial charge in [-0.15, -0.1) is 0 Å². The summed E-state index contributed by atoms with van der Waals surface area (Å²) in [4.78, 5) is 21.7. The molecule has 0 aromatic heterocycles. The number of carbonyl (C=O) groups is 2. The van der Waals surface area contributed by atoms with E-state index in [1.165, 1.54) is 17.9 Å². The third kappa shape index (κ3) is 7.35. The van der Waals surface area contributed by atoms with Crippen molar-refractivity contribution in [2.75, 3.05) is 13.1 Å². The zero-order chi connectivity index (χ0) is 21.1. The number of phenols is 1. The number of fused-ring (bicyclic) bond motifs is 1. The van der Waals surface area contributed by atoms with Crippen molar-refractivity contribution in [1.82, 2.24) is 5.32 Å². The molecule has 29 heavy (non-hydrogen) atoms. The summed E-state index contributed by atoms with van der Waals surface area (Å²) in [6, 6.07) is 15.5. The van der Waals surface area contributed by atoms with Crippen molar-refractivity contribution < 1.29 is 19.8 Å². The highest BCUT2D eigenvalue weighted by Crippen LogP contribution is 2.49. The Morgan fingerprint density at radius 2 is 1.48 bits per heavy atom.